The van der Waals surface area contributed by atoms with E-state index in [4.69, 9.17) is 19.9 Å². The zero-order valence-electron chi connectivity index (χ0n) is 34.5. The lowest BCUT2D eigenvalue weighted by Crippen LogP contribution is -2.31. The van der Waals surface area contributed by atoms with Crippen LogP contribution in [0.25, 0.3) is 89.4 Å². The van der Waals surface area contributed by atoms with Crippen LogP contribution in [0.4, 0.5) is 0 Å². The van der Waals surface area contributed by atoms with E-state index < -0.39 is 5.41 Å². The maximum Gasteiger partial charge on any atom is 0.164 e. The lowest BCUT2D eigenvalue weighted by molar-refractivity contribution is 0.723. The zero-order valence-corrected chi connectivity index (χ0v) is 35.3. The van der Waals surface area contributed by atoms with Gasteiger partial charge in [-0.3, -0.25) is 0 Å². The highest BCUT2D eigenvalue weighted by Crippen LogP contribution is 2.63. The van der Waals surface area contributed by atoms with Crippen LogP contribution in [0.1, 0.15) is 22.3 Å². The Hall–Kier alpha value is -7.99. The average Bonchev–Trinajstić information content (AvgIpc) is 3.65. The smallest absolute Gasteiger partial charge is 0.164 e. The highest BCUT2D eigenvalue weighted by atomic mass is 32.2. The number of rotatable bonds is 5. The molecular formula is C59H36N4S. The van der Waals surface area contributed by atoms with Crippen molar-refractivity contribution < 1.29 is 0 Å². The SMILES string of the molecule is c1ccc(-c2nc(-c3ccccc3)nc(-c3ccc(-c4ccc5c(c4)nc(-c4ccccc4)c4cc6c(cc45)C4(c5ccccc5Sc5ccccc54)c4ccccc4-6)cc3)n2)cc1. The monoisotopic (exact) mass is 832 g/mol. The molecule has 0 radical (unpaired) electrons. The molecule has 0 N–H and O–H groups in total. The van der Waals surface area contributed by atoms with Gasteiger partial charge in [-0.25, -0.2) is 19.9 Å². The van der Waals surface area contributed by atoms with Crippen molar-refractivity contribution in [1.29, 1.82) is 0 Å². The van der Waals surface area contributed by atoms with Crippen molar-refractivity contribution in [2.24, 2.45) is 0 Å². The second-order valence-electron chi connectivity index (χ2n) is 16.5. The molecule has 0 saturated carbocycles. The van der Waals surface area contributed by atoms with Crippen LogP contribution < -0.4 is 0 Å². The molecule has 9 aromatic carbocycles. The zero-order chi connectivity index (χ0) is 42.2. The van der Waals surface area contributed by atoms with Crippen LogP contribution in [0.5, 0.6) is 0 Å². The first-order valence-electron chi connectivity index (χ1n) is 21.6. The van der Waals surface area contributed by atoms with Crippen molar-refractivity contribution >= 4 is 33.4 Å². The third-order valence-electron chi connectivity index (χ3n) is 13.0. The van der Waals surface area contributed by atoms with Gasteiger partial charge in [-0.15, -0.1) is 0 Å². The van der Waals surface area contributed by atoms with Gasteiger partial charge in [0.15, 0.2) is 17.5 Å². The number of nitrogens with zero attached hydrogens (tertiary/aromatic N) is 4. The van der Waals surface area contributed by atoms with Gasteiger partial charge in [-0.1, -0.05) is 200 Å². The molecule has 2 aliphatic rings. The predicted octanol–water partition coefficient (Wildman–Crippen LogP) is 14.7. The first-order valence-corrected chi connectivity index (χ1v) is 22.4. The fourth-order valence-electron chi connectivity index (χ4n) is 10.1. The predicted molar refractivity (Wildman–Crippen MR) is 261 cm³/mol. The third-order valence-corrected chi connectivity index (χ3v) is 14.1. The Kier molecular flexibility index (Phi) is 8.33. The van der Waals surface area contributed by atoms with Crippen LogP contribution >= 0.6 is 11.8 Å². The highest BCUT2D eigenvalue weighted by molar-refractivity contribution is 7.99. The third kappa shape index (κ3) is 5.64. The van der Waals surface area contributed by atoms with Crippen LogP contribution in [0.3, 0.4) is 0 Å². The first-order chi connectivity index (χ1) is 31.7. The van der Waals surface area contributed by atoms with E-state index in [1.165, 1.54) is 48.6 Å². The molecule has 0 saturated heterocycles. The van der Waals surface area contributed by atoms with Gasteiger partial charge in [0.05, 0.1) is 16.6 Å². The summed E-state index contributed by atoms with van der Waals surface area (Å²) < 4.78 is 0. The molecule has 0 unspecified atom stereocenters. The van der Waals surface area contributed by atoms with Crippen LogP contribution in [-0.4, -0.2) is 19.9 Å². The van der Waals surface area contributed by atoms with Gasteiger partial charge in [0, 0.05) is 42.8 Å². The number of hydrogen-bond donors (Lipinski definition) is 0. The van der Waals surface area contributed by atoms with E-state index in [1.54, 1.807) is 0 Å². The fraction of sp³-hybridized carbons (Fsp3) is 0.0169. The topological polar surface area (TPSA) is 51.6 Å². The summed E-state index contributed by atoms with van der Waals surface area (Å²) in [5, 5.41) is 3.47. The molecule has 11 aromatic rings. The van der Waals surface area contributed by atoms with Gasteiger partial charge in [-0.2, -0.15) is 0 Å². The minimum atomic E-state index is -0.467. The molecule has 3 heterocycles. The summed E-state index contributed by atoms with van der Waals surface area (Å²) in [6.45, 7) is 0. The molecule has 64 heavy (non-hydrogen) atoms. The van der Waals surface area contributed by atoms with Gasteiger partial charge >= 0.3 is 0 Å². The van der Waals surface area contributed by atoms with E-state index in [2.05, 4.69) is 158 Å². The summed E-state index contributed by atoms with van der Waals surface area (Å²) in [7, 11) is 0. The first kappa shape index (κ1) is 36.6. The molecule has 13 rings (SSSR count). The van der Waals surface area contributed by atoms with Crippen molar-refractivity contribution in [3.63, 3.8) is 0 Å². The lowest BCUT2D eigenvalue weighted by atomic mass is 9.67. The van der Waals surface area contributed by atoms with E-state index in [-0.39, 0.29) is 0 Å². The summed E-state index contributed by atoms with van der Waals surface area (Å²) in [5.41, 5.74) is 15.4. The van der Waals surface area contributed by atoms with Crippen molar-refractivity contribution in [3.8, 4) is 67.7 Å². The number of benzene rings is 9. The number of fused-ring (bicyclic) bond motifs is 12. The highest BCUT2D eigenvalue weighted by Gasteiger charge is 2.50. The Balaban J connectivity index is 0.987. The number of aromatic nitrogens is 4. The Morgan fingerprint density at radius 1 is 0.297 bits per heavy atom. The largest absolute Gasteiger partial charge is 0.247 e. The van der Waals surface area contributed by atoms with Gasteiger partial charge < -0.3 is 0 Å². The van der Waals surface area contributed by atoms with Gasteiger partial charge in [-0.05, 0) is 80.2 Å². The van der Waals surface area contributed by atoms with Gasteiger partial charge in [0.2, 0.25) is 0 Å². The maximum absolute atomic E-state index is 5.53. The summed E-state index contributed by atoms with van der Waals surface area (Å²) in [5.74, 6) is 1.92. The van der Waals surface area contributed by atoms with E-state index in [0.29, 0.717) is 17.5 Å². The summed E-state index contributed by atoms with van der Waals surface area (Å²) >= 11 is 1.88. The fourth-order valence-corrected chi connectivity index (χ4v) is 11.3. The molecule has 0 atom stereocenters. The molecule has 1 aliphatic heterocycles. The Labute approximate surface area is 375 Å². The van der Waals surface area contributed by atoms with E-state index in [0.717, 1.165) is 55.4 Å². The summed E-state index contributed by atoms with van der Waals surface area (Å²) in [6, 6.07) is 78.1. The Morgan fingerprint density at radius 2 is 0.781 bits per heavy atom. The molecule has 2 aromatic heterocycles. The summed E-state index contributed by atoms with van der Waals surface area (Å²) in [6.07, 6.45) is 0. The second-order valence-corrected chi connectivity index (χ2v) is 17.6. The standard InChI is InChI=1S/C59H36N4S/c1-4-16-38(17-5-1)55-47-35-46-43-22-10-11-23-48(43)59(49-24-12-14-26-53(49)64-54-27-15-13-25-50(54)59)51(46)36-45(47)44-33-32-42(34-52(44)60-55)37-28-30-41(31-29-37)58-62-56(39-18-6-2-7-19-39)61-57(63-58)40-20-8-3-9-21-40/h1-36H. The Morgan fingerprint density at radius 3 is 1.39 bits per heavy atom. The van der Waals surface area contributed by atoms with Crippen LogP contribution in [0.15, 0.2) is 228 Å². The van der Waals surface area contributed by atoms with Crippen molar-refractivity contribution in [3.05, 3.63) is 241 Å². The molecule has 0 amide bonds. The maximum atomic E-state index is 5.53. The van der Waals surface area contributed by atoms with E-state index >= 15 is 0 Å². The van der Waals surface area contributed by atoms with Gasteiger partial charge in [0.25, 0.3) is 0 Å². The van der Waals surface area contributed by atoms with E-state index in [1.807, 2.05) is 72.4 Å². The van der Waals surface area contributed by atoms with Crippen molar-refractivity contribution in [2.75, 3.05) is 0 Å². The second kappa shape index (κ2) is 14.6. The van der Waals surface area contributed by atoms with Crippen LogP contribution in [-0.2, 0) is 5.41 Å². The normalized spacial score (nSPS) is 13.1. The molecule has 0 fully saturated rings. The van der Waals surface area contributed by atoms with Crippen LogP contribution in [0.2, 0.25) is 0 Å². The van der Waals surface area contributed by atoms with Crippen molar-refractivity contribution in [1.82, 2.24) is 19.9 Å². The lowest BCUT2D eigenvalue weighted by Gasteiger charge is -2.39. The molecule has 0 bridgehead atoms. The van der Waals surface area contributed by atoms with Crippen molar-refractivity contribution in [2.45, 2.75) is 15.2 Å². The van der Waals surface area contributed by atoms with Crippen LogP contribution in [0, 0.1) is 0 Å². The summed E-state index contributed by atoms with van der Waals surface area (Å²) in [4.78, 5) is 23.0. The Bertz CT molecular complexity index is 3520. The average molecular weight is 833 g/mol. The molecule has 1 aliphatic carbocycles. The quantitative estimate of drug-likeness (QED) is 0.162. The minimum absolute atomic E-state index is 0.467. The molecular weight excluding hydrogens is 797 g/mol. The molecule has 5 heteroatoms. The number of hydrogen-bond acceptors (Lipinski definition) is 5. The van der Waals surface area contributed by atoms with E-state index in [9.17, 15) is 0 Å². The minimum Gasteiger partial charge on any atom is -0.247 e. The molecule has 1 spiro atoms. The van der Waals surface area contributed by atoms with Gasteiger partial charge in [0.1, 0.15) is 0 Å². The number of pyridine rings is 1. The molecule has 4 nitrogen and oxygen atoms in total. The molecule has 298 valence electrons.